The van der Waals surface area contributed by atoms with Crippen molar-refractivity contribution in [1.29, 1.82) is 0 Å². The summed E-state index contributed by atoms with van der Waals surface area (Å²) in [6.07, 6.45) is 1.86. The van der Waals surface area contributed by atoms with Crippen LogP contribution >= 0.6 is 11.8 Å². The van der Waals surface area contributed by atoms with Gasteiger partial charge in [0.15, 0.2) is 5.58 Å². The summed E-state index contributed by atoms with van der Waals surface area (Å²) in [6.45, 7) is 4.44. The van der Waals surface area contributed by atoms with Gasteiger partial charge in [0, 0.05) is 19.7 Å². The largest absolute Gasteiger partial charge is 0.431 e. The molecule has 0 fully saturated rings. The van der Waals surface area contributed by atoms with Crippen LogP contribution in [0.3, 0.4) is 0 Å². The van der Waals surface area contributed by atoms with Crippen molar-refractivity contribution in [2.75, 3.05) is 19.8 Å². The van der Waals surface area contributed by atoms with E-state index in [-0.39, 0.29) is 10.8 Å². The van der Waals surface area contributed by atoms with Gasteiger partial charge >= 0.3 is 0 Å². The Bertz CT molecular complexity index is 707. The molecule has 0 atom stereocenters. The third-order valence-corrected chi connectivity index (χ3v) is 5.19. The number of hydrogen-bond acceptors (Lipinski definition) is 5. The van der Waals surface area contributed by atoms with Gasteiger partial charge < -0.3 is 4.42 Å². The first-order chi connectivity index (χ1) is 9.34. The van der Waals surface area contributed by atoms with E-state index in [9.17, 15) is 8.42 Å². The molecular formula is C13H18N2O3S2. The molecule has 0 aliphatic heterocycles. The molecule has 0 amide bonds. The fourth-order valence-electron chi connectivity index (χ4n) is 1.92. The first-order valence-corrected chi connectivity index (χ1v) is 8.92. The predicted octanol–water partition coefficient (Wildman–Crippen LogP) is 2.83. The minimum atomic E-state index is -3.48. The normalized spacial score (nSPS) is 12.7. The lowest BCUT2D eigenvalue weighted by atomic mass is 10.2. The number of nitrogens with zero attached hydrogens (tertiary/aromatic N) is 2. The maximum Gasteiger partial charge on any atom is 0.256 e. The van der Waals surface area contributed by atoms with E-state index in [4.69, 9.17) is 4.42 Å². The fraction of sp³-hybridized carbons (Fsp3) is 0.462. The minimum Gasteiger partial charge on any atom is -0.431 e. The van der Waals surface area contributed by atoms with E-state index in [2.05, 4.69) is 4.98 Å². The van der Waals surface area contributed by atoms with Crippen molar-refractivity contribution in [3.05, 3.63) is 18.2 Å². The molecular weight excluding hydrogens is 296 g/mol. The van der Waals surface area contributed by atoms with Gasteiger partial charge in [-0.25, -0.2) is 17.7 Å². The Morgan fingerprint density at radius 1 is 1.40 bits per heavy atom. The van der Waals surface area contributed by atoms with E-state index in [1.165, 1.54) is 22.1 Å². The first kappa shape index (κ1) is 15.3. The lowest BCUT2D eigenvalue weighted by Gasteiger charge is -2.18. The Labute approximate surface area is 123 Å². The highest BCUT2D eigenvalue weighted by Gasteiger charge is 2.22. The summed E-state index contributed by atoms with van der Waals surface area (Å²) < 4.78 is 31.7. The maximum atomic E-state index is 12.4. The monoisotopic (exact) mass is 314 g/mol. The molecule has 0 bridgehead atoms. The van der Waals surface area contributed by atoms with E-state index < -0.39 is 10.0 Å². The Balaban J connectivity index is 2.41. The number of rotatable bonds is 5. The van der Waals surface area contributed by atoms with Crippen molar-refractivity contribution in [1.82, 2.24) is 9.29 Å². The van der Waals surface area contributed by atoms with Crippen LogP contribution in [0.5, 0.6) is 0 Å². The van der Waals surface area contributed by atoms with Crippen LogP contribution in [0.2, 0.25) is 0 Å². The van der Waals surface area contributed by atoms with Gasteiger partial charge in [0.05, 0.1) is 4.90 Å². The second-order valence-corrected chi connectivity index (χ2v) is 7.80. The molecule has 0 aliphatic rings. The average molecular weight is 314 g/mol. The molecule has 0 saturated carbocycles. The lowest BCUT2D eigenvalue weighted by molar-refractivity contribution is 0.417. The molecule has 0 radical (unpaired) electrons. The van der Waals surface area contributed by atoms with Crippen LogP contribution in [-0.4, -0.2) is 37.6 Å². The van der Waals surface area contributed by atoms with Gasteiger partial charge in [-0.3, -0.25) is 0 Å². The molecule has 2 aromatic rings. The summed E-state index contributed by atoms with van der Waals surface area (Å²) in [4.78, 5) is 4.47. The van der Waals surface area contributed by atoms with E-state index in [1.807, 2.05) is 20.1 Å². The highest BCUT2D eigenvalue weighted by molar-refractivity contribution is 7.98. The Morgan fingerprint density at radius 3 is 2.70 bits per heavy atom. The molecule has 5 nitrogen and oxygen atoms in total. The maximum absolute atomic E-state index is 12.4. The SMILES string of the molecule is CSc1nc2ccc(S(=O)(=O)N(C)CC(C)C)cc2o1. The second kappa shape index (κ2) is 5.75. The number of benzene rings is 1. The third-order valence-electron chi connectivity index (χ3n) is 2.85. The van der Waals surface area contributed by atoms with Gasteiger partial charge in [-0.15, -0.1) is 0 Å². The van der Waals surface area contributed by atoms with Crippen molar-refractivity contribution >= 4 is 32.9 Å². The minimum absolute atomic E-state index is 0.233. The van der Waals surface area contributed by atoms with E-state index >= 15 is 0 Å². The Hall–Kier alpha value is -1.05. The van der Waals surface area contributed by atoms with Gasteiger partial charge in [-0.05, 0) is 24.3 Å². The third kappa shape index (κ3) is 2.99. The summed E-state index contributed by atoms with van der Waals surface area (Å²) in [6, 6.07) is 4.78. The lowest BCUT2D eigenvalue weighted by Crippen LogP contribution is -2.30. The number of sulfonamides is 1. The number of hydrogen-bond donors (Lipinski definition) is 0. The van der Waals surface area contributed by atoms with Crippen LogP contribution in [0.1, 0.15) is 13.8 Å². The van der Waals surface area contributed by atoms with Crippen LogP contribution in [-0.2, 0) is 10.0 Å². The van der Waals surface area contributed by atoms with Gasteiger partial charge in [0.1, 0.15) is 5.52 Å². The zero-order chi connectivity index (χ0) is 14.9. The summed E-state index contributed by atoms with van der Waals surface area (Å²) >= 11 is 1.38. The van der Waals surface area contributed by atoms with Crippen LogP contribution in [0.4, 0.5) is 0 Å². The molecule has 2 rings (SSSR count). The highest BCUT2D eigenvalue weighted by Crippen LogP contribution is 2.25. The molecule has 20 heavy (non-hydrogen) atoms. The smallest absolute Gasteiger partial charge is 0.256 e. The van der Waals surface area contributed by atoms with Gasteiger partial charge in [-0.2, -0.15) is 0 Å². The zero-order valence-electron chi connectivity index (χ0n) is 12.0. The van der Waals surface area contributed by atoms with Gasteiger partial charge in [0.2, 0.25) is 10.0 Å². The predicted molar refractivity (Wildman–Crippen MR) is 80.4 cm³/mol. The molecule has 1 heterocycles. The molecule has 0 unspecified atom stereocenters. The molecule has 0 aliphatic carbocycles. The van der Waals surface area contributed by atoms with Gasteiger partial charge in [0.25, 0.3) is 5.22 Å². The summed E-state index contributed by atoms with van der Waals surface area (Å²) in [5.74, 6) is 0.270. The number of oxazole rings is 1. The number of thioether (sulfide) groups is 1. The van der Waals surface area contributed by atoms with Gasteiger partial charge in [-0.1, -0.05) is 25.6 Å². The van der Waals surface area contributed by atoms with Crippen molar-refractivity contribution in [2.45, 2.75) is 24.0 Å². The molecule has 1 aromatic heterocycles. The molecule has 7 heteroatoms. The standard InChI is InChI=1S/C13H18N2O3S2/c1-9(2)8-15(3)20(16,17)10-5-6-11-12(7-10)18-13(14-11)19-4/h5-7,9H,8H2,1-4H3. The van der Waals surface area contributed by atoms with E-state index in [0.717, 1.165) is 0 Å². The van der Waals surface area contributed by atoms with Crippen molar-refractivity contribution in [3.63, 3.8) is 0 Å². The number of fused-ring (bicyclic) bond motifs is 1. The van der Waals surface area contributed by atoms with Crippen molar-refractivity contribution in [2.24, 2.45) is 5.92 Å². The first-order valence-electron chi connectivity index (χ1n) is 6.25. The van der Waals surface area contributed by atoms with Crippen molar-refractivity contribution in [3.8, 4) is 0 Å². The molecule has 0 spiro atoms. The second-order valence-electron chi connectivity index (χ2n) is 4.99. The highest BCUT2D eigenvalue weighted by atomic mass is 32.2. The van der Waals surface area contributed by atoms with Crippen LogP contribution in [0.25, 0.3) is 11.1 Å². The summed E-state index contributed by atoms with van der Waals surface area (Å²) in [7, 11) is -1.89. The number of aromatic nitrogens is 1. The summed E-state index contributed by atoms with van der Waals surface area (Å²) in [5, 5.41) is 0.532. The van der Waals surface area contributed by atoms with Crippen LogP contribution in [0, 0.1) is 5.92 Å². The van der Waals surface area contributed by atoms with Crippen LogP contribution in [0.15, 0.2) is 32.7 Å². The molecule has 0 N–H and O–H groups in total. The van der Waals surface area contributed by atoms with E-state index in [0.29, 0.717) is 22.9 Å². The van der Waals surface area contributed by atoms with Crippen molar-refractivity contribution < 1.29 is 12.8 Å². The fourth-order valence-corrected chi connectivity index (χ4v) is 3.64. The zero-order valence-corrected chi connectivity index (χ0v) is 13.6. The summed E-state index contributed by atoms with van der Waals surface area (Å²) in [5.41, 5.74) is 1.16. The van der Waals surface area contributed by atoms with Crippen LogP contribution < -0.4 is 0 Å². The quantitative estimate of drug-likeness (QED) is 0.794. The topological polar surface area (TPSA) is 63.4 Å². The molecule has 110 valence electrons. The Morgan fingerprint density at radius 2 is 2.10 bits per heavy atom. The Kier molecular flexibility index (Phi) is 4.41. The van der Waals surface area contributed by atoms with E-state index in [1.54, 1.807) is 19.2 Å². The molecule has 1 aromatic carbocycles. The average Bonchev–Trinajstić information content (AvgIpc) is 2.79. The molecule has 0 saturated heterocycles.